The molecule has 2 aromatic rings. The summed E-state index contributed by atoms with van der Waals surface area (Å²) >= 11 is 0. The van der Waals surface area contributed by atoms with Crippen LogP contribution in [-0.2, 0) is 16.0 Å². The van der Waals surface area contributed by atoms with Gasteiger partial charge < -0.3 is 10.1 Å². The van der Waals surface area contributed by atoms with Gasteiger partial charge in [0.05, 0.1) is 5.52 Å². The van der Waals surface area contributed by atoms with Crippen LogP contribution in [0.1, 0.15) is 26.3 Å². The van der Waals surface area contributed by atoms with Gasteiger partial charge in [0.1, 0.15) is 5.60 Å². The lowest BCUT2D eigenvalue weighted by molar-refractivity contribution is 0.0528. The minimum absolute atomic E-state index is 0.429. The quantitative estimate of drug-likeness (QED) is 0.880. The average molecular weight is 288 g/mol. The molecule has 1 N–H and O–H groups in total. The molecule has 0 saturated carbocycles. The second kappa shape index (κ2) is 5.99. The zero-order chi connectivity index (χ0) is 15.5. The summed E-state index contributed by atoms with van der Waals surface area (Å²) in [6.45, 7) is 5.93. The Bertz CT molecular complexity index is 653. The highest BCUT2D eigenvalue weighted by atomic mass is 16.6. The molecule has 0 aliphatic carbocycles. The van der Waals surface area contributed by atoms with Gasteiger partial charge in [-0.25, -0.2) is 4.79 Å². The summed E-state index contributed by atoms with van der Waals surface area (Å²) in [4.78, 5) is 22.6. The predicted molar refractivity (Wildman–Crippen MR) is 82.0 cm³/mol. The van der Waals surface area contributed by atoms with Crippen LogP contribution >= 0.6 is 0 Å². The van der Waals surface area contributed by atoms with Crippen molar-refractivity contribution in [2.24, 2.45) is 0 Å². The Labute approximate surface area is 123 Å². The van der Waals surface area contributed by atoms with Gasteiger partial charge in [0.15, 0.2) is 0 Å². The molecule has 2 rings (SSSR count). The lowest BCUT2D eigenvalue weighted by Gasteiger charge is -2.19. The summed E-state index contributed by atoms with van der Waals surface area (Å²) in [7, 11) is 0. The molecule has 5 nitrogen and oxygen atoms in total. The Morgan fingerprint density at radius 1 is 1.33 bits per heavy atom. The minimum atomic E-state index is -0.502. The first-order valence-electron chi connectivity index (χ1n) is 6.91. The molecule has 0 fully saturated rings. The standard InChI is InChI=1S/C16H20N2O3/c1-16(2,3)21-15(20)17-9-8-12-10-18(11-19)14-7-5-4-6-13(12)14/h4-7,10-11H,8-9H2,1-3H3,(H,17,20). The lowest BCUT2D eigenvalue weighted by Crippen LogP contribution is -2.33. The van der Waals surface area contributed by atoms with E-state index in [0.717, 1.165) is 22.9 Å². The Hall–Kier alpha value is -2.30. The van der Waals surface area contributed by atoms with Crippen LogP contribution in [0.25, 0.3) is 10.9 Å². The van der Waals surface area contributed by atoms with Gasteiger partial charge in [0.25, 0.3) is 0 Å². The molecule has 1 aromatic heterocycles. The maximum atomic E-state index is 11.6. The summed E-state index contributed by atoms with van der Waals surface area (Å²) in [5, 5.41) is 3.74. The summed E-state index contributed by atoms with van der Waals surface area (Å²) < 4.78 is 6.73. The van der Waals surface area contributed by atoms with E-state index in [1.807, 2.05) is 45.0 Å². The molecule has 0 aliphatic rings. The van der Waals surface area contributed by atoms with Crippen molar-refractivity contribution >= 4 is 23.4 Å². The van der Waals surface area contributed by atoms with Crippen molar-refractivity contribution in [3.05, 3.63) is 36.0 Å². The minimum Gasteiger partial charge on any atom is -0.444 e. The van der Waals surface area contributed by atoms with Gasteiger partial charge in [-0.1, -0.05) is 18.2 Å². The second-order valence-corrected chi connectivity index (χ2v) is 5.86. The molecule has 21 heavy (non-hydrogen) atoms. The number of nitrogens with zero attached hydrogens (tertiary/aromatic N) is 1. The van der Waals surface area contributed by atoms with Crippen molar-refractivity contribution in [2.45, 2.75) is 32.8 Å². The first kappa shape index (κ1) is 15.1. The van der Waals surface area contributed by atoms with Gasteiger partial charge in [0.2, 0.25) is 6.41 Å². The third kappa shape index (κ3) is 3.84. The van der Waals surface area contributed by atoms with Gasteiger partial charge in [-0.15, -0.1) is 0 Å². The Morgan fingerprint density at radius 3 is 2.71 bits per heavy atom. The number of alkyl carbamates (subject to hydrolysis) is 1. The van der Waals surface area contributed by atoms with E-state index in [0.29, 0.717) is 13.0 Å². The number of benzene rings is 1. The normalized spacial score (nSPS) is 11.4. The first-order valence-corrected chi connectivity index (χ1v) is 6.91. The van der Waals surface area contributed by atoms with Crippen LogP contribution in [0, 0.1) is 0 Å². The highest BCUT2D eigenvalue weighted by molar-refractivity contribution is 5.88. The molecular formula is C16H20N2O3. The van der Waals surface area contributed by atoms with Crippen molar-refractivity contribution in [1.29, 1.82) is 0 Å². The van der Waals surface area contributed by atoms with Crippen molar-refractivity contribution in [3.8, 4) is 0 Å². The van der Waals surface area contributed by atoms with E-state index in [1.54, 1.807) is 10.8 Å². The fourth-order valence-corrected chi connectivity index (χ4v) is 2.18. The van der Waals surface area contributed by atoms with E-state index in [9.17, 15) is 9.59 Å². The van der Waals surface area contributed by atoms with Crippen molar-refractivity contribution in [1.82, 2.24) is 9.88 Å². The molecule has 0 saturated heterocycles. The van der Waals surface area contributed by atoms with Crippen LogP contribution in [0.4, 0.5) is 4.79 Å². The number of carbonyl (C=O) groups is 2. The van der Waals surface area contributed by atoms with Crippen molar-refractivity contribution in [3.63, 3.8) is 0 Å². The molecule has 0 atom stereocenters. The van der Waals surface area contributed by atoms with E-state index in [4.69, 9.17) is 4.74 Å². The molecule has 112 valence electrons. The number of fused-ring (bicyclic) bond motifs is 1. The Morgan fingerprint density at radius 2 is 2.05 bits per heavy atom. The molecule has 0 aliphatic heterocycles. The average Bonchev–Trinajstić information content (AvgIpc) is 2.75. The number of nitrogens with one attached hydrogen (secondary N) is 1. The number of hydrogen-bond acceptors (Lipinski definition) is 3. The van der Waals surface area contributed by atoms with E-state index in [1.165, 1.54) is 0 Å². The smallest absolute Gasteiger partial charge is 0.407 e. The fraction of sp³-hybridized carbons (Fsp3) is 0.375. The number of carbonyl (C=O) groups excluding carboxylic acids is 2. The van der Waals surface area contributed by atoms with Crippen molar-refractivity contribution in [2.75, 3.05) is 6.54 Å². The number of rotatable bonds is 4. The molecule has 1 heterocycles. The number of para-hydroxylation sites is 1. The van der Waals surface area contributed by atoms with Crippen LogP contribution in [0.3, 0.4) is 0 Å². The van der Waals surface area contributed by atoms with Crippen LogP contribution in [0.5, 0.6) is 0 Å². The fourth-order valence-electron chi connectivity index (χ4n) is 2.18. The molecule has 0 unspecified atom stereocenters. The van der Waals surface area contributed by atoms with E-state index in [2.05, 4.69) is 5.32 Å². The highest BCUT2D eigenvalue weighted by Crippen LogP contribution is 2.20. The van der Waals surface area contributed by atoms with Gasteiger partial charge in [-0.05, 0) is 38.8 Å². The van der Waals surface area contributed by atoms with Gasteiger partial charge in [-0.3, -0.25) is 9.36 Å². The van der Waals surface area contributed by atoms with E-state index >= 15 is 0 Å². The van der Waals surface area contributed by atoms with E-state index in [-0.39, 0.29) is 0 Å². The summed E-state index contributed by atoms with van der Waals surface area (Å²) in [6.07, 6.45) is 2.80. The number of aromatic nitrogens is 1. The molecule has 1 aromatic carbocycles. The lowest BCUT2D eigenvalue weighted by atomic mass is 10.1. The monoisotopic (exact) mass is 288 g/mol. The third-order valence-electron chi connectivity index (χ3n) is 3.00. The Balaban J connectivity index is 2.01. The number of ether oxygens (including phenoxy) is 1. The molecule has 0 bridgehead atoms. The molecule has 5 heteroatoms. The summed E-state index contributed by atoms with van der Waals surface area (Å²) in [5.74, 6) is 0. The van der Waals surface area contributed by atoms with Gasteiger partial charge in [-0.2, -0.15) is 0 Å². The molecule has 1 amide bonds. The number of amides is 1. The predicted octanol–water partition coefficient (Wildman–Crippen LogP) is 2.75. The first-order chi connectivity index (χ1) is 9.90. The topological polar surface area (TPSA) is 60.3 Å². The van der Waals surface area contributed by atoms with Crippen LogP contribution in [0.15, 0.2) is 30.5 Å². The largest absolute Gasteiger partial charge is 0.444 e. The van der Waals surface area contributed by atoms with Crippen LogP contribution < -0.4 is 5.32 Å². The van der Waals surface area contributed by atoms with Crippen LogP contribution in [0.2, 0.25) is 0 Å². The molecule has 0 spiro atoms. The highest BCUT2D eigenvalue weighted by Gasteiger charge is 2.15. The Kier molecular flexibility index (Phi) is 4.31. The van der Waals surface area contributed by atoms with Crippen LogP contribution in [-0.4, -0.2) is 29.2 Å². The van der Waals surface area contributed by atoms with E-state index < -0.39 is 11.7 Å². The molecule has 0 radical (unpaired) electrons. The second-order valence-electron chi connectivity index (χ2n) is 5.86. The summed E-state index contributed by atoms with van der Waals surface area (Å²) in [5.41, 5.74) is 1.39. The zero-order valence-electron chi connectivity index (χ0n) is 12.6. The maximum Gasteiger partial charge on any atom is 0.407 e. The number of hydrogen-bond donors (Lipinski definition) is 1. The van der Waals surface area contributed by atoms with Crippen molar-refractivity contribution < 1.29 is 14.3 Å². The maximum absolute atomic E-state index is 11.6. The van der Waals surface area contributed by atoms with Gasteiger partial charge >= 0.3 is 6.09 Å². The summed E-state index contributed by atoms with van der Waals surface area (Å²) in [6, 6.07) is 7.69. The molecular weight excluding hydrogens is 268 g/mol. The van der Waals surface area contributed by atoms with Gasteiger partial charge in [0, 0.05) is 18.1 Å². The third-order valence-corrected chi connectivity index (χ3v) is 3.00. The SMILES string of the molecule is CC(C)(C)OC(=O)NCCc1cn(C=O)c2ccccc12. The zero-order valence-corrected chi connectivity index (χ0v) is 12.6.